The monoisotopic (exact) mass is 1360 g/mol. The quantitative estimate of drug-likeness (QED) is 0.0699. The van der Waals surface area contributed by atoms with Crippen LogP contribution in [0.1, 0.15) is 292 Å². The number of hydrogen-bond donors (Lipinski definition) is 2. The molecule has 0 spiro atoms. The van der Waals surface area contributed by atoms with Crippen molar-refractivity contribution in [2.24, 2.45) is 145 Å². The van der Waals surface area contributed by atoms with Gasteiger partial charge in [0.05, 0.1) is 11.7 Å². The van der Waals surface area contributed by atoms with Crippen molar-refractivity contribution in [1.29, 1.82) is 0 Å². The molecule has 25 atom stereocenters. The summed E-state index contributed by atoms with van der Waals surface area (Å²) in [5, 5.41) is 12.2. The number of ketones is 1. The number of rotatable bonds is 20. The molecular weight excluding hydrogens is 1210 g/mol. The Balaban J connectivity index is 0.000000214. The van der Waals surface area contributed by atoms with Crippen LogP contribution in [0.4, 0.5) is 0 Å². The van der Waals surface area contributed by atoms with Crippen LogP contribution < -0.4 is 0 Å². The SMILES string of the molecule is C.C.CC(C)CC[C@@H](C)[C@H]1CCC2C3C=C4C=CCC[C@]4(C)C3CC[C@@]21C.C[SiH2]O[C@H]1CC[C@](C)(C2CC[C@@]3(C)C(CC[C@@H]3[C@H](C)CCC(C)C)C2CC=O)C(=O)C1.C[SiH2]O[C@H]1CC[C@]2(C)C3CC[C@@]4(C)C(CC[C@@H]4[C@H](C)CCC(C)C)C3C(C=O)[C@]2(O)C1.[O+]#C[Si](O)=[OH+]. The van der Waals surface area contributed by atoms with E-state index in [2.05, 4.69) is 135 Å². The summed E-state index contributed by atoms with van der Waals surface area (Å²) < 4.78 is 28.6. The maximum absolute atomic E-state index is 13.4. The fraction of sp³-hybridized carbons (Fsp3) is 0.902. The van der Waals surface area contributed by atoms with E-state index in [4.69, 9.17) is 22.8 Å². The molecule has 0 radical (unpaired) electrons. The van der Waals surface area contributed by atoms with E-state index in [1.54, 1.807) is 5.57 Å². The summed E-state index contributed by atoms with van der Waals surface area (Å²) in [5.74, 6) is 14.1. The Kier molecular flexibility index (Phi) is 28.9. The van der Waals surface area contributed by atoms with Gasteiger partial charge in [-0.1, -0.05) is 189 Å². The molecule has 0 aromatic rings. The van der Waals surface area contributed by atoms with Gasteiger partial charge in [0.1, 0.15) is 18.4 Å². The van der Waals surface area contributed by atoms with Crippen molar-refractivity contribution in [3.63, 3.8) is 0 Å². The van der Waals surface area contributed by atoms with E-state index in [9.17, 15) is 19.5 Å². The van der Waals surface area contributed by atoms with Crippen molar-refractivity contribution in [3.8, 4) is 5.77 Å². The first-order valence-corrected chi connectivity index (χ1v) is 44.2. The fourth-order valence-electron chi connectivity index (χ4n) is 25.4. The molecule has 0 amide bonds. The molecule has 11 aliphatic rings. The topological polar surface area (TPSA) is 151 Å². The van der Waals surface area contributed by atoms with Gasteiger partial charge in [-0.25, -0.2) is 0 Å². The third-order valence-corrected chi connectivity index (χ3v) is 32.3. The van der Waals surface area contributed by atoms with E-state index in [1.165, 1.54) is 128 Å². The summed E-state index contributed by atoms with van der Waals surface area (Å²) >= 11 is 0. The van der Waals surface area contributed by atoms with Gasteiger partial charge in [0.2, 0.25) is 0 Å². The summed E-state index contributed by atoms with van der Waals surface area (Å²) in [5.41, 5.74) is 2.24. The van der Waals surface area contributed by atoms with Crippen LogP contribution in [-0.2, 0) is 27.9 Å². The zero-order valence-electron chi connectivity index (χ0n) is 61.8. The second kappa shape index (κ2) is 33.4. The van der Waals surface area contributed by atoms with Crippen LogP contribution in [0.5, 0.6) is 0 Å². The predicted octanol–water partition coefficient (Wildman–Crippen LogP) is 18.8. The molecule has 0 aliphatic heterocycles. The number of carbonyl (C=O) groups excluding carboxylic acids is 3. The average Bonchev–Trinajstić information content (AvgIpc) is 1.52. The standard InChI is InChI=1S/2C27H48O3Si.C25H40.CHO3Si.2CH4/c1-17(2)7-8-18(3)20-9-10-21-24-22(12-13-25(20,21)4)26(5)14-11-19(30-31-6)15-27(26,29)23(24)16-28;1-18(2)7-8-19(3)22-9-10-23-21(13-16-28)24(12-15-26(22,23)4)27(5)14-11-20(30-31-6)17-25(27)29;1-17(2)9-10-18(3)21-11-12-22-20-16-19-8-6-7-14-24(19,4)23(20)13-15-25(21,22)5;2-1-5(3)4;;/h16-24,29H,7-15,31H2,1-6H3;16,18-24H,7-15,17,31H2,1-6H3;6,8,16-18,20-23H,7,9-15H2,1-5H3;3H;2*1H4/q;;;+1;;/p+1/t18-,19+,20-,21?,22?,23?,24?,25-,26-,27-;19-,20+,21?,22-,23?,24?,26-,27-;18-,20?,21-,22?,23?,24+,25-;;;/m111.../s1. The van der Waals surface area contributed by atoms with Gasteiger partial charge >= 0.3 is 28.6 Å². The summed E-state index contributed by atoms with van der Waals surface area (Å²) in [6.07, 6.45) is 43.1. The number of allylic oxidation sites excluding steroid dienone is 4. The number of aliphatic hydroxyl groups is 1. The van der Waals surface area contributed by atoms with Crippen LogP contribution in [0.15, 0.2) is 23.8 Å². The molecule has 0 heterocycles. The first kappa shape index (κ1) is 81.3. The molecule has 11 aliphatic carbocycles. The van der Waals surface area contributed by atoms with Crippen molar-refractivity contribution >= 4 is 46.8 Å². The maximum atomic E-state index is 13.4. The first-order chi connectivity index (χ1) is 43.4. The zero-order chi connectivity index (χ0) is 67.5. The van der Waals surface area contributed by atoms with Crippen molar-refractivity contribution in [2.75, 3.05) is 0 Å². The van der Waals surface area contributed by atoms with Crippen LogP contribution in [0, 0.1) is 151 Å². The van der Waals surface area contributed by atoms with E-state index in [0.29, 0.717) is 82.2 Å². The third-order valence-electron chi connectivity index (χ3n) is 30.5. The van der Waals surface area contributed by atoms with Crippen LogP contribution in [0.3, 0.4) is 0 Å². The van der Waals surface area contributed by atoms with Crippen LogP contribution in [0.25, 0.3) is 0 Å². The number of aldehydes is 2. The van der Waals surface area contributed by atoms with Gasteiger partial charge in [0, 0.05) is 42.1 Å². The van der Waals surface area contributed by atoms with E-state index in [-0.39, 0.29) is 43.8 Å². The van der Waals surface area contributed by atoms with E-state index >= 15 is 0 Å². The Bertz CT molecular complexity index is 2600. The second-order valence-electron chi connectivity index (χ2n) is 36.3. The Hall–Kier alpha value is -1.64. The van der Waals surface area contributed by atoms with E-state index < -0.39 is 34.1 Å². The second-order valence-corrected chi connectivity index (χ2v) is 39.0. The average molecular weight is 1360 g/mol. The zero-order valence-corrected chi connectivity index (χ0v) is 65.6. The minimum atomic E-state index is -2.68. The van der Waals surface area contributed by atoms with Gasteiger partial charge in [-0.05, 0) is 249 Å². The van der Waals surface area contributed by atoms with Gasteiger partial charge in [-0.3, -0.25) is 4.79 Å². The number of Topliss-reactive ketones (excluding diaryl/α,β-unsaturated/α-hetero) is 1. The summed E-state index contributed by atoms with van der Waals surface area (Å²) in [6.45, 7) is 40.9. The molecule has 9 fully saturated rings. The van der Waals surface area contributed by atoms with Gasteiger partial charge in [-0.2, -0.15) is 0 Å². The molecule has 538 valence electrons. The fourth-order valence-corrected chi connectivity index (χ4v) is 26.9. The van der Waals surface area contributed by atoms with Crippen molar-refractivity contribution in [1.82, 2.24) is 0 Å². The molecule has 0 bridgehead atoms. The third kappa shape index (κ3) is 15.9. The van der Waals surface area contributed by atoms with Crippen LogP contribution in [-0.4, -0.2) is 79.0 Å². The van der Waals surface area contributed by atoms with Crippen molar-refractivity contribution in [3.05, 3.63) is 23.8 Å². The van der Waals surface area contributed by atoms with Crippen molar-refractivity contribution in [2.45, 2.75) is 323 Å². The Morgan fingerprint density at radius 2 is 1.09 bits per heavy atom. The van der Waals surface area contributed by atoms with Crippen LogP contribution in [0.2, 0.25) is 13.1 Å². The van der Waals surface area contributed by atoms with Gasteiger partial charge in [-0.15, -0.1) is 0 Å². The number of fused-ring (bicyclic) bond motifs is 11. The minimum absolute atomic E-state index is 0. The Morgan fingerprint density at radius 1 is 0.617 bits per heavy atom. The molecule has 9 saturated carbocycles. The van der Waals surface area contributed by atoms with Gasteiger partial charge in [0.25, 0.3) is 0 Å². The summed E-state index contributed by atoms with van der Waals surface area (Å²) in [6, 6.07) is 0. The first-order valence-electron chi connectivity index (χ1n) is 38.8. The molecule has 3 N–H and O–H groups in total. The van der Waals surface area contributed by atoms with Crippen LogP contribution >= 0.6 is 0 Å². The molecule has 12 heteroatoms. The molecular formula is C82H146O9Si3+2. The Labute approximate surface area is 583 Å². The summed E-state index contributed by atoms with van der Waals surface area (Å²) in [7, 11) is -3.65. The Morgan fingerprint density at radius 3 is 1.57 bits per heavy atom. The van der Waals surface area contributed by atoms with Gasteiger partial charge in [0.15, 0.2) is 19.5 Å². The normalized spacial score (nSPS) is 43.3. The van der Waals surface area contributed by atoms with E-state index in [0.717, 1.165) is 115 Å². The van der Waals surface area contributed by atoms with E-state index in [1.807, 2.05) is 0 Å². The molecule has 94 heavy (non-hydrogen) atoms. The molecule has 0 aromatic heterocycles. The number of hydrogen-bond acceptors (Lipinski definition) is 6. The molecule has 0 aromatic carbocycles. The molecule has 9 nitrogen and oxygen atoms in total. The molecule has 11 rings (SSSR count). The molecule has 0 saturated heterocycles. The predicted molar refractivity (Wildman–Crippen MR) is 396 cm³/mol. The number of carbonyl (C=O) groups is 3. The van der Waals surface area contributed by atoms with Gasteiger partial charge < -0.3 is 23.5 Å². The molecule has 10 unspecified atom stereocenters. The van der Waals surface area contributed by atoms with Crippen molar-refractivity contribution < 1.29 is 42.3 Å². The summed E-state index contributed by atoms with van der Waals surface area (Å²) in [4.78, 5) is 45.4.